The SMILES string of the molecule is CCOc1cc(/C=C2/C(=O)NC(=O)N(c3ccc(C)cc3)C2=O)ccc1OCCOc1ccc([N+](=O)[O-])cc1. The molecule has 0 atom stereocenters. The number of carbonyl (C=O) groups excluding carboxylic acids is 3. The van der Waals surface area contributed by atoms with E-state index < -0.39 is 22.8 Å². The molecule has 0 aliphatic carbocycles. The maximum atomic E-state index is 13.1. The molecule has 0 saturated carbocycles. The molecule has 11 heteroatoms. The number of urea groups is 1. The third kappa shape index (κ3) is 6.39. The molecular formula is C28H25N3O8. The Morgan fingerprint density at radius 3 is 2.26 bits per heavy atom. The summed E-state index contributed by atoms with van der Waals surface area (Å²) in [6, 6.07) is 16.6. The van der Waals surface area contributed by atoms with E-state index in [9.17, 15) is 24.5 Å². The highest BCUT2D eigenvalue weighted by Crippen LogP contribution is 2.30. The van der Waals surface area contributed by atoms with E-state index in [1.165, 1.54) is 30.3 Å². The Morgan fingerprint density at radius 1 is 0.897 bits per heavy atom. The molecule has 1 fully saturated rings. The number of nitro groups is 1. The normalized spacial score (nSPS) is 14.3. The molecule has 3 aromatic carbocycles. The molecule has 200 valence electrons. The lowest BCUT2D eigenvalue weighted by Gasteiger charge is -2.26. The van der Waals surface area contributed by atoms with Gasteiger partial charge in [-0.15, -0.1) is 0 Å². The van der Waals surface area contributed by atoms with Gasteiger partial charge in [0.2, 0.25) is 0 Å². The second kappa shape index (κ2) is 11.9. The fourth-order valence-corrected chi connectivity index (χ4v) is 3.73. The molecule has 1 aliphatic rings. The van der Waals surface area contributed by atoms with E-state index in [4.69, 9.17) is 14.2 Å². The molecule has 0 spiro atoms. The number of rotatable bonds is 10. The van der Waals surface area contributed by atoms with Crippen molar-refractivity contribution in [1.29, 1.82) is 0 Å². The number of benzene rings is 3. The summed E-state index contributed by atoms with van der Waals surface area (Å²) in [6.45, 7) is 4.35. The maximum absolute atomic E-state index is 13.1. The van der Waals surface area contributed by atoms with Crippen molar-refractivity contribution >= 4 is 35.3 Å². The number of non-ortho nitro benzene ring substituents is 1. The van der Waals surface area contributed by atoms with Crippen LogP contribution >= 0.6 is 0 Å². The quantitative estimate of drug-likeness (QED) is 0.133. The average Bonchev–Trinajstić information content (AvgIpc) is 2.91. The highest BCUT2D eigenvalue weighted by Gasteiger charge is 2.36. The van der Waals surface area contributed by atoms with E-state index in [2.05, 4.69) is 5.32 Å². The smallest absolute Gasteiger partial charge is 0.335 e. The van der Waals surface area contributed by atoms with Crippen LogP contribution in [-0.2, 0) is 9.59 Å². The molecule has 1 aliphatic heterocycles. The zero-order chi connectivity index (χ0) is 27.9. The van der Waals surface area contributed by atoms with E-state index in [0.29, 0.717) is 35.1 Å². The van der Waals surface area contributed by atoms with Crippen LogP contribution in [0, 0.1) is 17.0 Å². The molecule has 0 radical (unpaired) electrons. The Hall–Kier alpha value is -5.19. The van der Waals surface area contributed by atoms with Crippen molar-refractivity contribution in [3.8, 4) is 17.2 Å². The predicted octanol–water partition coefficient (Wildman–Crippen LogP) is 4.43. The first-order valence-corrected chi connectivity index (χ1v) is 12.0. The summed E-state index contributed by atoms with van der Waals surface area (Å²) in [5.41, 5.74) is 1.56. The van der Waals surface area contributed by atoms with E-state index in [1.54, 1.807) is 49.4 Å². The van der Waals surface area contributed by atoms with Crippen LogP contribution in [0.2, 0.25) is 0 Å². The zero-order valence-corrected chi connectivity index (χ0v) is 21.2. The van der Waals surface area contributed by atoms with Gasteiger partial charge in [0, 0.05) is 12.1 Å². The number of amides is 4. The monoisotopic (exact) mass is 531 g/mol. The highest BCUT2D eigenvalue weighted by molar-refractivity contribution is 6.39. The van der Waals surface area contributed by atoms with Crippen LogP contribution in [-0.4, -0.2) is 42.6 Å². The lowest BCUT2D eigenvalue weighted by atomic mass is 10.1. The van der Waals surface area contributed by atoms with Crippen LogP contribution in [0.1, 0.15) is 18.1 Å². The summed E-state index contributed by atoms with van der Waals surface area (Å²) >= 11 is 0. The van der Waals surface area contributed by atoms with Crippen molar-refractivity contribution in [3.05, 3.63) is 93.5 Å². The largest absolute Gasteiger partial charge is 0.490 e. The van der Waals surface area contributed by atoms with Crippen molar-refractivity contribution in [2.24, 2.45) is 0 Å². The Morgan fingerprint density at radius 2 is 1.59 bits per heavy atom. The molecule has 1 saturated heterocycles. The van der Waals surface area contributed by atoms with Crippen LogP contribution in [0.25, 0.3) is 6.08 Å². The predicted molar refractivity (Wildman–Crippen MR) is 142 cm³/mol. The summed E-state index contributed by atoms with van der Waals surface area (Å²) in [5, 5.41) is 13.0. The minimum atomic E-state index is -0.819. The number of aryl methyl sites for hydroxylation is 1. The minimum absolute atomic E-state index is 0.0307. The Bertz CT molecular complexity index is 1430. The first-order valence-electron chi connectivity index (χ1n) is 12.0. The molecule has 0 bridgehead atoms. The standard InChI is InChI=1S/C28H25N3O8/c1-3-37-25-17-19(6-13-24(25)39-15-14-38-22-11-9-21(10-12-22)31(35)36)16-23-26(32)29-28(34)30(27(23)33)20-7-4-18(2)5-8-20/h4-13,16-17H,3,14-15H2,1-2H3,(H,29,32,34)/b23-16-. The zero-order valence-electron chi connectivity index (χ0n) is 21.2. The van der Waals surface area contributed by atoms with Gasteiger partial charge in [-0.05, 0) is 61.9 Å². The van der Waals surface area contributed by atoms with E-state index >= 15 is 0 Å². The number of nitrogens with zero attached hydrogens (tertiary/aromatic N) is 2. The van der Waals surface area contributed by atoms with Gasteiger partial charge < -0.3 is 14.2 Å². The van der Waals surface area contributed by atoms with Crippen molar-refractivity contribution < 1.29 is 33.5 Å². The van der Waals surface area contributed by atoms with Gasteiger partial charge in [0.1, 0.15) is 24.5 Å². The number of hydrogen-bond acceptors (Lipinski definition) is 8. The third-order valence-electron chi connectivity index (χ3n) is 5.63. The van der Waals surface area contributed by atoms with Crippen LogP contribution in [0.15, 0.2) is 72.3 Å². The Kier molecular flexibility index (Phi) is 8.20. The summed E-state index contributed by atoms with van der Waals surface area (Å²) in [6.07, 6.45) is 1.38. The second-order valence-corrected chi connectivity index (χ2v) is 8.38. The van der Waals surface area contributed by atoms with Gasteiger partial charge >= 0.3 is 6.03 Å². The Labute approximate surface area is 223 Å². The molecular weight excluding hydrogens is 506 g/mol. The van der Waals surface area contributed by atoms with Crippen molar-refractivity contribution in [2.75, 3.05) is 24.7 Å². The number of nitrogens with one attached hydrogen (secondary N) is 1. The number of anilines is 1. The third-order valence-corrected chi connectivity index (χ3v) is 5.63. The molecule has 1 heterocycles. The first-order chi connectivity index (χ1) is 18.8. The van der Waals surface area contributed by atoms with Crippen LogP contribution in [0.3, 0.4) is 0 Å². The maximum Gasteiger partial charge on any atom is 0.335 e. The number of carbonyl (C=O) groups is 3. The topological polar surface area (TPSA) is 137 Å². The lowest BCUT2D eigenvalue weighted by Crippen LogP contribution is -2.54. The molecule has 4 rings (SSSR count). The fourth-order valence-electron chi connectivity index (χ4n) is 3.73. The van der Waals surface area contributed by atoms with E-state index in [-0.39, 0.29) is 24.5 Å². The first kappa shape index (κ1) is 26.9. The molecule has 39 heavy (non-hydrogen) atoms. The molecule has 11 nitrogen and oxygen atoms in total. The highest BCUT2D eigenvalue weighted by atomic mass is 16.6. The number of hydrogen-bond donors (Lipinski definition) is 1. The average molecular weight is 532 g/mol. The summed E-state index contributed by atoms with van der Waals surface area (Å²) in [4.78, 5) is 49.2. The Balaban J connectivity index is 1.47. The van der Waals surface area contributed by atoms with Gasteiger partial charge in [0.15, 0.2) is 11.5 Å². The molecule has 0 unspecified atom stereocenters. The van der Waals surface area contributed by atoms with Crippen LogP contribution in [0.4, 0.5) is 16.2 Å². The number of ether oxygens (including phenoxy) is 3. The summed E-state index contributed by atoms with van der Waals surface area (Å²) < 4.78 is 17.0. The van der Waals surface area contributed by atoms with Gasteiger partial charge in [-0.3, -0.25) is 25.0 Å². The number of nitro benzene ring substituents is 1. The van der Waals surface area contributed by atoms with Crippen molar-refractivity contribution in [1.82, 2.24) is 5.32 Å². The molecule has 3 aromatic rings. The van der Waals surface area contributed by atoms with Gasteiger partial charge in [-0.1, -0.05) is 23.8 Å². The van der Waals surface area contributed by atoms with Gasteiger partial charge in [0.05, 0.1) is 17.2 Å². The molecule has 4 amide bonds. The lowest BCUT2D eigenvalue weighted by molar-refractivity contribution is -0.384. The van der Waals surface area contributed by atoms with Gasteiger partial charge in [-0.2, -0.15) is 0 Å². The van der Waals surface area contributed by atoms with Gasteiger partial charge in [0.25, 0.3) is 17.5 Å². The second-order valence-electron chi connectivity index (χ2n) is 8.38. The summed E-state index contributed by atoms with van der Waals surface area (Å²) in [5.74, 6) is -0.270. The van der Waals surface area contributed by atoms with Crippen LogP contribution in [0.5, 0.6) is 17.2 Å². The van der Waals surface area contributed by atoms with E-state index in [0.717, 1.165) is 10.5 Å². The van der Waals surface area contributed by atoms with Crippen molar-refractivity contribution in [2.45, 2.75) is 13.8 Å². The minimum Gasteiger partial charge on any atom is -0.490 e. The molecule has 0 aromatic heterocycles. The number of barbiturate groups is 1. The molecule has 1 N–H and O–H groups in total. The number of imide groups is 2. The van der Waals surface area contributed by atoms with Gasteiger partial charge in [-0.25, -0.2) is 9.69 Å². The fraction of sp³-hybridized carbons (Fsp3) is 0.179. The van der Waals surface area contributed by atoms with Crippen molar-refractivity contribution in [3.63, 3.8) is 0 Å². The summed E-state index contributed by atoms with van der Waals surface area (Å²) in [7, 11) is 0. The van der Waals surface area contributed by atoms with E-state index in [1.807, 2.05) is 6.92 Å². The van der Waals surface area contributed by atoms with Crippen LogP contribution < -0.4 is 24.4 Å².